The molecule has 0 aliphatic rings. The van der Waals surface area contributed by atoms with Gasteiger partial charge in [0.25, 0.3) is 11.8 Å². The van der Waals surface area contributed by atoms with Gasteiger partial charge in [0.2, 0.25) is 0 Å². The number of amides is 2. The molecule has 174 valence electrons. The summed E-state index contributed by atoms with van der Waals surface area (Å²) in [4.78, 5) is 24.3. The molecule has 0 aliphatic heterocycles. The SMILES string of the molecule is O=C(NO)c1ccc(OCCC(NC(=O)c2cc3ccccc3o2)SCc2ccccc2)cc1. The van der Waals surface area contributed by atoms with Crippen molar-refractivity contribution in [3.63, 3.8) is 0 Å². The molecular weight excluding hydrogens is 452 g/mol. The number of hydroxylamine groups is 1. The van der Waals surface area contributed by atoms with Crippen LogP contribution in [0.3, 0.4) is 0 Å². The van der Waals surface area contributed by atoms with Crippen molar-refractivity contribution in [2.24, 2.45) is 0 Å². The van der Waals surface area contributed by atoms with E-state index in [2.05, 4.69) is 5.32 Å². The summed E-state index contributed by atoms with van der Waals surface area (Å²) in [5.41, 5.74) is 3.75. The number of ether oxygens (including phenoxy) is 1. The molecule has 2 amide bonds. The van der Waals surface area contributed by atoms with Gasteiger partial charge in [0.05, 0.1) is 12.0 Å². The quantitative estimate of drug-likeness (QED) is 0.169. The topological polar surface area (TPSA) is 101 Å². The highest BCUT2D eigenvalue weighted by molar-refractivity contribution is 7.99. The molecule has 4 rings (SSSR count). The number of thioether (sulfide) groups is 1. The predicted molar refractivity (Wildman–Crippen MR) is 131 cm³/mol. The number of benzene rings is 3. The van der Waals surface area contributed by atoms with Gasteiger partial charge < -0.3 is 14.5 Å². The van der Waals surface area contributed by atoms with Crippen LogP contribution in [-0.2, 0) is 5.75 Å². The maximum absolute atomic E-state index is 12.9. The number of carbonyl (C=O) groups is 2. The number of nitrogens with one attached hydrogen (secondary N) is 2. The highest BCUT2D eigenvalue weighted by Crippen LogP contribution is 2.22. The minimum Gasteiger partial charge on any atom is -0.493 e. The van der Waals surface area contributed by atoms with E-state index in [0.29, 0.717) is 29.9 Å². The van der Waals surface area contributed by atoms with Crippen molar-refractivity contribution in [2.75, 3.05) is 6.61 Å². The molecule has 1 heterocycles. The molecule has 8 heteroatoms. The second-order valence-corrected chi connectivity index (χ2v) is 8.70. The molecule has 7 nitrogen and oxygen atoms in total. The first kappa shape index (κ1) is 23.4. The van der Waals surface area contributed by atoms with Crippen LogP contribution in [0.1, 0.15) is 32.9 Å². The summed E-state index contributed by atoms with van der Waals surface area (Å²) in [6.45, 7) is 0.360. The van der Waals surface area contributed by atoms with E-state index in [1.165, 1.54) is 0 Å². The second kappa shape index (κ2) is 11.4. The first-order valence-electron chi connectivity index (χ1n) is 10.7. The number of rotatable bonds is 10. The number of hydrogen-bond donors (Lipinski definition) is 3. The Kier molecular flexibility index (Phi) is 7.85. The van der Waals surface area contributed by atoms with Crippen molar-refractivity contribution in [2.45, 2.75) is 17.5 Å². The van der Waals surface area contributed by atoms with Gasteiger partial charge in [0.15, 0.2) is 5.76 Å². The Morgan fingerprint density at radius 1 is 0.941 bits per heavy atom. The normalized spacial score (nSPS) is 11.7. The van der Waals surface area contributed by atoms with Crippen molar-refractivity contribution >= 4 is 34.5 Å². The van der Waals surface area contributed by atoms with E-state index in [1.54, 1.807) is 47.6 Å². The Labute approximate surface area is 201 Å². The van der Waals surface area contributed by atoms with Crippen LogP contribution in [0.25, 0.3) is 11.0 Å². The summed E-state index contributed by atoms with van der Waals surface area (Å²) >= 11 is 1.61. The van der Waals surface area contributed by atoms with Crippen molar-refractivity contribution in [1.29, 1.82) is 0 Å². The van der Waals surface area contributed by atoms with Gasteiger partial charge >= 0.3 is 0 Å². The van der Waals surface area contributed by atoms with Crippen molar-refractivity contribution in [3.05, 3.63) is 102 Å². The maximum atomic E-state index is 12.9. The van der Waals surface area contributed by atoms with E-state index >= 15 is 0 Å². The summed E-state index contributed by atoms with van der Waals surface area (Å²) in [5.74, 6) is 0.727. The Morgan fingerprint density at radius 3 is 2.41 bits per heavy atom. The third-order valence-corrected chi connectivity index (χ3v) is 6.36. The highest BCUT2D eigenvalue weighted by atomic mass is 32.2. The second-order valence-electron chi connectivity index (χ2n) is 7.51. The van der Waals surface area contributed by atoms with Crippen molar-refractivity contribution in [3.8, 4) is 5.75 Å². The predicted octanol–water partition coefficient (Wildman–Crippen LogP) is 5.01. The lowest BCUT2D eigenvalue weighted by Crippen LogP contribution is -2.33. The molecule has 3 N–H and O–H groups in total. The summed E-state index contributed by atoms with van der Waals surface area (Å²) in [5, 5.41) is 12.4. The van der Waals surface area contributed by atoms with E-state index in [0.717, 1.165) is 16.7 Å². The summed E-state index contributed by atoms with van der Waals surface area (Å²) in [6, 6.07) is 25.7. The minimum atomic E-state index is -0.586. The first-order valence-corrected chi connectivity index (χ1v) is 11.8. The van der Waals surface area contributed by atoms with Crippen LogP contribution in [0.4, 0.5) is 0 Å². The minimum absolute atomic E-state index is 0.208. The molecule has 3 aromatic carbocycles. The highest BCUT2D eigenvalue weighted by Gasteiger charge is 2.18. The molecule has 0 radical (unpaired) electrons. The number of fused-ring (bicyclic) bond motifs is 1. The Hall–Kier alpha value is -3.75. The molecule has 0 spiro atoms. The van der Waals surface area contributed by atoms with Gasteiger partial charge in [0, 0.05) is 23.1 Å². The molecule has 0 saturated carbocycles. The molecule has 0 aliphatic carbocycles. The summed E-state index contributed by atoms with van der Waals surface area (Å²) < 4.78 is 11.5. The number of carbonyl (C=O) groups excluding carboxylic acids is 2. The number of para-hydroxylation sites is 1. The average molecular weight is 477 g/mol. The van der Waals surface area contributed by atoms with E-state index in [1.807, 2.05) is 54.6 Å². The van der Waals surface area contributed by atoms with Gasteiger partial charge in [-0.25, -0.2) is 5.48 Å². The van der Waals surface area contributed by atoms with Crippen LogP contribution < -0.4 is 15.5 Å². The molecule has 0 fully saturated rings. The smallest absolute Gasteiger partial charge is 0.287 e. The standard InChI is InChI=1S/C26H24N2O5S/c29-25(28-31)19-10-12-21(13-11-19)32-15-14-24(34-17-18-6-2-1-3-7-18)27-26(30)23-16-20-8-4-5-9-22(20)33-23/h1-13,16,24,31H,14-15,17H2,(H,27,30)(H,28,29). The summed E-state index contributed by atoms with van der Waals surface area (Å²) in [7, 11) is 0. The monoisotopic (exact) mass is 476 g/mol. The molecule has 34 heavy (non-hydrogen) atoms. The fourth-order valence-electron chi connectivity index (χ4n) is 3.33. The van der Waals surface area contributed by atoms with Gasteiger partial charge in [-0.15, -0.1) is 11.8 Å². The van der Waals surface area contributed by atoms with Crippen LogP contribution in [0.2, 0.25) is 0 Å². The first-order chi connectivity index (χ1) is 16.6. The lowest BCUT2D eigenvalue weighted by molar-refractivity contribution is 0.0706. The molecule has 0 bridgehead atoms. The molecule has 1 atom stereocenters. The van der Waals surface area contributed by atoms with E-state index < -0.39 is 5.91 Å². The average Bonchev–Trinajstić information content (AvgIpc) is 3.32. The fourth-order valence-corrected chi connectivity index (χ4v) is 4.37. The zero-order valence-electron chi connectivity index (χ0n) is 18.3. The molecule has 1 aromatic heterocycles. The van der Waals surface area contributed by atoms with Crippen molar-refractivity contribution < 1.29 is 24.0 Å². The van der Waals surface area contributed by atoms with Crippen LogP contribution in [0.15, 0.2) is 89.3 Å². The van der Waals surface area contributed by atoms with Gasteiger partial charge in [-0.1, -0.05) is 48.5 Å². The maximum Gasteiger partial charge on any atom is 0.287 e. The Bertz CT molecular complexity index is 1210. The van der Waals surface area contributed by atoms with Crippen LogP contribution in [-0.4, -0.2) is 29.0 Å². The lowest BCUT2D eigenvalue weighted by atomic mass is 10.2. The van der Waals surface area contributed by atoms with E-state index in [-0.39, 0.29) is 17.0 Å². The number of furan rings is 1. The Morgan fingerprint density at radius 2 is 1.68 bits per heavy atom. The van der Waals surface area contributed by atoms with Gasteiger partial charge in [0.1, 0.15) is 11.3 Å². The zero-order chi connectivity index (χ0) is 23.8. The largest absolute Gasteiger partial charge is 0.493 e. The van der Waals surface area contributed by atoms with Crippen LogP contribution >= 0.6 is 11.8 Å². The lowest BCUT2D eigenvalue weighted by Gasteiger charge is -2.18. The summed E-state index contributed by atoms with van der Waals surface area (Å²) in [6.07, 6.45) is 0.558. The zero-order valence-corrected chi connectivity index (χ0v) is 19.1. The third-order valence-electron chi connectivity index (χ3n) is 5.10. The Balaban J connectivity index is 1.38. The van der Waals surface area contributed by atoms with Gasteiger partial charge in [-0.2, -0.15) is 0 Å². The van der Waals surface area contributed by atoms with E-state index in [4.69, 9.17) is 14.4 Å². The van der Waals surface area contributed by atoms with Gasteiger partial charge in [-0.05, 0) is 42.0 Å². The molecular formula is C26H24N2O5S. The van der Waals surface area contributed by atoms with Crippen LogP contribution in [0, 0.1) is 0 Å². The van der Waals surface area contributed by atoms with Crippen LogP contribution in [0.5, 0.6) is 5.75 Å². The molecule has 1 unspecified atom stereocenters. The molecule has 0 saturated heterocycles. The van der Waals surface area contributed by atoms with E-state index in [9.17, 15) is 9.59 Å². The third kappa shape index (κ3) is 6.18. The fraction of sp³-hybridized carbons (Fsp3) is 0.154. The molecule has 4 aromatic rings. The van der Waals surface area contributed by atoms with Crippen molar-refractivity contribution in [1.82, 2.24) is 10.8 Å². The van der Waals surface area contributed by atoms with Gasteiger partial charge in [-0.3, -0.25) is 14.8 Å². The number of hydrogen-bond acceptors (Lipinski definition) is 6.